The van der Waals surface area contributed by atoms with Crippen LogP contribution in [0, 0.1) is 0 Å². The largest absolute Gasteiger partial charge is 0.321 e. The van der Waals surface area contributed by atoms with E-state index >= 15 is 0 Å². The predicted molar refractivity (Wildman–Crippen MR) is 85.8 cm³/mol. The maximum Gasteiger partial charge on any atom is 0.258 e. The molecule has 0 spiro atoms. The van der Waals surface area contributed by atoms with Gasteiger partial charge in [0, 0.05) is 15.1 Å². The summed E-state index contributed by atoms with van der Waals surface area (Å²) in [5.74, 6) is -0.170. The van der Waals surface area contributed by atoms with Gasteiger partial charge in [-0.2, -0.15) is 0 Å². The maximum absolute atomic E-state index is 12.3. The number of hydrogen-bond acceptors (Lipinski definition) is 3. The molecular weight excluding hydrogens is 392 g/mol. The van der Waals surface area contributed by atoms with Crippen LogP contribution in [0.25, 0.3) is 0 Å². The van der Waals surface area contributed by atoms with E-state index in [0.717, 1.165) is 14.6 Å². The quantitative estimate of drug-likeness (QED) is 0.765. The predicted octanol–water partition coefficient (Wildman–Crippen LogP) is 4.58. The van der Waals surface area contributed by atoms with Crippen molar-refractivity contribution in [3.05, 3.63) is 51.0 Å². The number of amides is 1. The molecule has 0 bridgehead atoms. The van der Waals surface area contributed by atoms with Crippen LogP contribution in [-0.4, -0.2) is 17.1 Å². The third-order valence-corrected chi connectivity index (χ3v) is 4.28. The second kappa shape index (κ2) is 6.54. The topological polar surface area (TPSA) is 42.0 Å². The van der Waals surface area contributed by atoms with Crippen molar-refractivity contribution in [3.8, 4) is 0 Å². The lowest BCUT2D eigenvalue weighted by Crippen LogP contribution is -2.13. The van der Waals surface area contributed by atoms with Crippen LogP contribution in [0.1, 0.15) is 10.4 Å². The minimum Gasteiger partial charge on any atom is -0.321 e. The van der Waals surface area contributed by atoms with Gasteiger partial charge in [0.05, 0.1) is 11.3 Å². The summed E-state index contributed by atoms with van der Waals surface area (Å²) in [6.45, 7) is 0. The Labute approximate surface area is 132 Å². The molecule has 1 aromatic carbocycles. The summed E-state index contributed by atoms with van der Waals surface area (Å²) < 4.78 is 1.74. The van der Waals surface area contributed by atoms with Crippen LogP contribution in [0.4, 0.5) is 5.69 Å². The van der Waals surface area contributed by atoms with E-state index in [4.69, 9.17) is 0 Å². The first kappa shape index (κ1) is 14.6. The standard InChI is InChI=1S/C13H10Br2N2OS/c1-19-13-9(3-2-6-16-13)12(18)17-11-7-8(14)4-5-10(11)15/h2-7H,1H3,(H,17,18). The smallest absolute Gasteiger partial charge is 0.258 e. The van der Waals surface area contributed by atoms with E-state index in [9.17, 15) is 4.79 Å². The maximum atomic E-state index is 12.3. The number of pyridine rings is 1. The van der Waals surface area contributed by atoms with Gasteiger partial charge in [-0.05, 0) is 52.5 Å². The zero-order valence-corrected chi connectivity index (χ0v) is 14.0. The van der Waals surface area contributed by atoms with Crippen LogP contribution in [0.5, 0.6) is 0 Å². The Bertz CT molecular complexity index is 619. The summed E-state index contributed by atoms with van der Waals surface area (Å²) in [6.07, 6.45) is 3.58. The molecule has 1 N–H and O–H groups in total. The molecule has 0 atom stereocenters. The first-order valence-electron chi connectivity index (χ1n) is 5.37. The average molecular weight is 402 g/mol. The van der Waals surface area contributed by atoms with Crippen LogP contribution in [-0.2, 0) is 0 Å². The van der Waals surface area contributed by atoms with E-state index < -0.39 is 0 Å². The number of nitrogens with zero attached hydrogens (tertiary/aromatic N) is 1. The van der Waals surface area contributed by atoms with Crippen LogP contribution >= 0.6 is 43.6 Å². The molecule has 0 aliphatic heterocycles. The average Bonchev–Trinajstić information content (AvgIpc) is 2.42. The molecule has 6 heteroatoms. The number of thioether (sulfide) groups is 1. The lowest BCUT2D eigenvalue weighted by Gasteiger charge is -2.09. The first-order chi connectivity index (χ1) is 9.11. The van der Waals surface area contributed by atoms with E-state index in [0.29, 0.717) is 10.6 Å². The second-order valence-electron chi connectivity index (χ2n) is 3.64. The highest BCUT2D eigenvalue weighted by Gasteiger charge is 2.13. The molecule has 0 fully saturated rings. The Balaban J connectivity index is 2.28. The normalized spacial score (nSPS) is 10.3. The monoisotopic (exact) mass is 400 g/mol. The highest BCUT2D eigenvalue weighted by molar-refractivity contribution is 9.11. The van der Waals surface area contributed by atoms with Gasteiger partial charge in [0.25, 0.3) is 5.91 Å². The van der Waals surface area contributed by atoms with Gasteiger partial charge in [0.2, 0.25) is 0 Å². The SMILES string of the molecule is CSc1ncccc1C(=O)Nc1cc(Br)ccc1Br. The molecule has 2 aromatic rings. The Hall–Kier alpha value is -0.850. The number of hydrogen-bond donors (Lipinski definition) is 1. The number of halogens is 2. The fourth-order valence-corrected chi connectivity index (χ4v) is 2.76. The lowest BCUT2D eigenvalue weighted by atomic mass is 10.2. The molecule has 1 heterocycles. The summed E-state index contributed by atoms with van der Waals surface area (Å²) in [4.78, 5) is 16.4. The molecule has 0 saturated carbocycles. The van der Waals surface area contributed by atoms with Crippen LogP contribution in [0.2, 0.25) is 0 Å². The fraction of sp³-hybridized carbons (Fsp3) is 0.0769. The Morgan fingerprint density at radius 2 is 2.11 bits per heavy atom. The molecule has 0 unspecified atom stereocenters. The van der Waals surface area contributed by atoms with Crippen LogP contribution in [0.3, 0.4) is 0 Å². The molecular formula is C13H10Br2N2OS. The summed E-state index contributed by atoms with van der Waals surface area (Å²) in [5, 5.41) is 3.59. The van der Waals surface area contributed by atoms with Crippen LogP contribution in [0.15, 0.2) is 50.5 Å². The molecule has 0 saturated heterocycles. The first-order valence-corrected chi connectivity index (χ1v) is 8.18. The minimum atomic E-state index is -0.170. The Morgan fingerprint density at radius 1 is 1.32 bits per heavy atom. The highest BCUT2D eigenvalue weighted by atomic mass is 79.9. The van der Waals surface area contributed by atoms with Gasteiger partial charge in [0.15, 0.2) is 0 Å². The molecule has 98 valence electrons. The highest BCUT2D eigenvalue weighted by Crippen LogP contribution is 2.27. The summed E-state index contributed by atoms with van der Waals surface area (Å²) >= 11 is 8.24. The summed E-state index contributed by atoms with van der Waals surface area (Å²) in [6, 6.07) is 9.14. The molecule has 2 rings (SSSR count). The molecule has 1 aromatic heterocycles. The van der Waals surface area contributed by atoms with Crippen molar-refractivity contribution >= 4 is 55.2 Å². The van der Waals surface area contributed by atoms with Gasteiger partial charge in [-0.15, -0.1) is 11.8 Å². The van der Waals surface area contributed by atoms with E-state index in [-0.39, 0.29) is 5.91 Å². The summed E-state index contributed by atoms with van der Waals surface area (Å²) in [7, 11) is 0. The van der Waals surface area contributed by atoms with E-state index in [1.54, 1.807) is 18.3 Å². The number of carbonyl (C=O) groups excluding carboxylic acids is 1. The van der Waals surface area contributed by atoms with Crippen molar-refractivity contribution in [2.45, 2.75) is 5.03 Å². The molecule has 0 aliphatic rings. The van der Waals surface area contributed by atoms with Gasteiger partial charge < -0.3 is 5.32 Å². The third-order valence-electron chi connectivity index (χ3n) is 2.39. The zero-order chi connectivity index (χ0) is 13.8. The van der Waals surface area contributed by atoms with Crippen molar-refractivity contribution in [2.75, 3.05) is 11.6 Å². The molecule has 0 aliphatic carbocycles. The molecule has 19 heavy (non-hydrogen) atoms. The number of rotatable bonds is 3. The van der Waals surface area contributed by atoms with Gasteiger partial charge in [-0.25, -0.2) is 4.98 Å². The lowest BCUT2D eigenvalue weighted by molar-refractivity contribution is 0.102. The number of nitrogens with one attached hydrogen (secondary N) is 1. The number of anilines is 1. The van der Waals surface area contributed by atoms with Crippen molar-refractivity contribution in [2.24, 2.45) is 0 Å². The van der Waals surface area contributed by atoms with Gasteiger partial charge in [-0.3, -0.25) is 4.79 Å². The van der Waals surface area contributed by atoms with Crippen LogP contribution < -0.4 is 5.32 Å². The Morgan fingerprint density at radius 3 is 2.84 bits per heavy atom. The Kier molecular flexibility index (Phi) is 5.01. The van der Waals surface area contributed by atoms with Crippen molar-refractivity contribution in [1.82, 2.24) is 4.98 Å². The van der Waals surface area contributed by atoms with Gasteiger partial charge in [0.1, 0.15) is 5.03 Å². The third kappa shape index (κ3) is 3.58. The van der Waals surface area contributed by atoms with Crippen molar-refractivity contribution in [1.29, 1.82) is 0 Å². The zero-order valence-electron chi connectivity index (χ0n) is 9.98. The summed E-state index contributed by atoms with van der Waals surface area (Å²) in [5.41, 5.74) is 1.29. The van der Waals surface area contributed by atoms with Gasteiger partial charge in [-0.1, -0.05) is 15.9 Å². The van der Waals surface area contributed by atoms with E-state index in [2.05, 4.69) is 42.2 Å². The minimum absolute atomic E-state index is 0.170. The number of benzene rings is 1. The second-order valence-corrected chi connectivity index (χ2v) is 6.20. The molecule has 0 radical (unpaired) electrons. The number of carbonyl (C=O) groups is 1. The van der Waals surface area contributed by atoms with E-state index in [1.807, 2.05) is 24.5 Å². The molecule has 3 nitrogen and oxygen atoms in total. The van der Waals surface area contributed by atoms with E-state index in [1.165, 1.54) is 11.8 Å². The van der Waals surface area contributed by atoms with Gasteiger partial charge >= 0.3 is 0 Å². The van der Waals surface area contributed by atoms with Crippen molar-refractivity contribution < 1.29 is 4.79 Å². The van der Waals surface area contributed by atoms with Crippen molar-refractivity contribution in [3.63, 3.8) is 0 Å². The molecule has 1 amide bonds. The number of aromatic nitrogens is 1. The fourth-order valence-electron chi connectivity index (χ4n) is 1.51.